The van der Waals surface area contributed by atoms with E-state index in [-0.39, 0.29) is 0 Å². The van der Waals surface area contributed by atoms with Gasteiger partial charge in [0.2, 0.25) is 0 Å². The molecule has 0 aromatic carbocycles. The van der Waals surface area contributed by atoms with Gasteiger partial charge in [-0.2, -0.15) is 10.2 Å². The second-order valence-electron chi connectivity index (χ2n) is 4.75. The van der Waals surface area contributed by atoms with Crippen molar-refractivity contribution >= 4 is 0 Å². The summed E-state index contributed by atoms with van der Waals surface area (Å²) in [6.07, 6.45) is 2.16. The molecular weight excluding hydrogens is 198 g/mol. The molecule has 3 heteroatoms. The number of rotatable bonds is 6. The van der Waals surface area contributed by atoms with Gasteiger partial charge in [-0.3, -0.25) is 0 Å². The lowest BCUT2D eigenvalue weighted by Gasteiger charge is -2.19. The van der Waals surface area contributed by atoms with E-state index in [0.717, 1.165) is 24.4 Å². The van der Waals surface area contributed by atoms with Gasteiger partial charge in [0.15, 0.2) is 0 Å². The van der Waals surface area contributed by atoms with Gasteiger partial charge in [0, 0.05) is 12.5 Å². The topological polar surface area (TPSA) is 37.8 Å². The highest BCUT2D eigenvalue weighted by Gasteiger charge is 2.11. The first kappa shape index (κ1) is 13.1. The summed E-state index contributed by atoms with van der Waals surface area (Å²) in [5.74, 6) is 0.711. The van der Waals surface area contributed by atoms with E-state index in [2.05, 4.69) is 42.4 Å². The first-order valence-electron chi connectivity index (χ1n) is 6.14. The fraction of sp³-hybridized carbons (Fsp3) is 0.692. The number of hydrogen-bond donors (Lipinski definition) is 1. The fourth-order valence-corrected chi connectivity index (χ4v) is 1.88. The molecule has 0 saturated heterocycles. The number of nitrogens with zero attached hydrogens (tertiary/aromatic N) is 2. The van der Waals surface area contributed by atoms with Gasteiger partial charge in [-0.1, -0.05) is 20.8 Å². The first-order valence-corrected chi connectivity index (χ1v) is 6.14. The van der Waals surface area contributed by atoms with Gasteiger partial charge in [-0.15, -0.1) is 0 Å². The first-order chi connectivity index (χ1) is 7.61. The average Bonchev–Trinajstić information content (AvgIpc) is 2.21. The molecule has 0 radical (unpaired) electrons. The Hall–Kier alpha value is -0.960. The van der Waals surface area contributed by atoms with Crippen LogP contribution in [0.2, 0.25) is 0 Å². The minimum atomic E-state index is 0.516. The van der Waals surface area contributed by atoms with Crippen molar-refractivity contribution in [1.29, 1.82) is 0 Å². The normalized spacial score (nSPS) is 13.1. The van der Waals surface area contributed by atoms with Crippen molar-refractivity contribution in [2.45, 2.75) is 46.6 Å². The molecule has 16 heavy (non-hydrogen) atoms. The lowest BCUT2D eigenvalue weighted by Crippen LogP contribution is -2.32. The van der Waals surface area contributed by atoms with Crippen LogP contribution in [-0.2, 0) is 6.42 Å². The van der Waals surface area contributed by atoms with Gasteiger partial charge < -0.3 is 5.32 Å². The molecule has 0 aliphatic carbocycles. The van der Waals surface area contributed by atoms with Crippen molar-refractivity contribution in [2.24, 2.45) is 5.92 Å². The van der Waals surface area contributed by atoms with Crippen LogP contribution in [0.15, 0.2) is 12.1 Å². The van der Waals surface area contributed by atoms with E-state index in [4.69, 9.17) is 0 Å². The van der Waals surface area contributed by atoms with Crippen LogP contribution < -0.4 is 5.32 Å². The number of likely N-dealkylation sites (N-methyl/N-ethyl adjacent to an activating group) is 1. The van der Waals surface area contributed by atoms with Crippen molar-refractivity contribution in [3.05, 3.63) is 23.5 Å². The highest BCUT2D eigenvalue weighted by Crippen LogP contribution is 2.09. The Kier molecular flexibility index (Phi) is 5.39. The average molecular weight is 221 g/mol. The molecule has 0 spiro atoms. The van der Waals surface area contributed by atoms with Gasteiger partial charge in [0.05, 0.1) is 11.4 Å². The Morgan fingerprint density at radius 3 is 2.50 bits per heavy atom. The summed E-state index contributed by atoms with van der Waals surface area (Å²) in [5.41, 5.74) is 2.06. The van der Waals surface area contributed by atoms with Gasteiger partial charge >= 0.3 is 0 Å². The molecule has 1 N–H and O–H groups in total. The predicted molar refractivity (Wildman–Crippen MR) is 67.4 cm³/mol. The van der Waals surface area contributed by atoms with Gasteiger partial charge in [-0.25, -0.2) is 0 Å². The smallest absolute Gasteiger partial charge is 0.0646 e. The van der Waals surface area contributed by atoms with E-state index >= 15 is 0 Å². The van der Waals surface area contributed by atoms with Crippen molar-refractivity contribution in [2.75, 3.05) is 6.54 Å². The lowest BCUT2D eigenvalue weighted by molar-refractivity contribution is 0.420. The van der Waals surface area contributed by atoms with E-state index in [0.29, 0.717) is 12.0 Å². The van der Waals surface area contributed by atoms with E-state index in [1.165, 1.54) is 6.42 Å². The van der Waals surface area contributed by atoms with Crippen LogP contribution in [0.5, 0.6) is 0 Å². The van der Waals surface area contributed by atoms with Crippen molar-refractivity contribution in [1.82, 2.24) is 15.5 Å². The highest BCUT2D eigenvalue weighted by atomic mass is 15.1. The Balaban J connectivity index is 2.56. The molecule has 0 fully saturated rings. The standard InChI is InChI=1S/C13H23N3/c1-5-14-13(8-10(2)3)9-12-7-6-11(4)15-16-12/h6-7,10,13-14H,5,8-9H2,1-4H3. The third-order valence-electron chi connectivity index (χ3n) is 2.56. The molecule has 0 saturated carbocycles. The Labute approximate surface area is 98.7 Å². The monoisotopic (exact) mass is 221 g/mol. The molecule has 90 valence electrons. The van der Waals surface area contributed by atoms with Crippen molar-refractivity contribution in [3.8, 4) is 0 Å². The molecule has 0 amide bonds. The van der Waals surface area contributed by atoms with Crippen LogP contribution in [0, 0.1) is 12.8 Å². The molecule has 1 heterocycles. The fourth-order valence-electron chi connectivity index (χ4n) is 1.88. The quantitative estimate of drug-likeness (QED) is 0.801. The minimum Gasteiger partial charge on any atom is -0.314 e. The minimum absolute atomic E-state index is 0.516. The molecule has 0 aliphatic heterocycles. The van der Waals surface area contributed by atoms with Crippen molar-refractivity contribution in [3.63, 3.8) is 0 Å². The molecule has 1 aromatic heterocycles. The number of aryl methyl sites for hydroxylation is 1. The zero-order chi connectivity index (χ0) is 12.0. The molecule has 1 unspecified atom stereocenters. The maximum absolute atomic E-state index is 4.22. The summed E-state index contributed by atoms with van der Waals surface area (Å²) in [4.78, 5) is 0. The summed E-state index contributed by atoms with van der Waals surface area (Å²) in [6, 6.07) is 4.62. The largest absolute Gasteiger partial charge is 0.314 e. The maximum Gasteiger partial charge on any atom is 0.0646 e. The molecule has 1 rings (SSSR count). The molecular formula is C13H23N3. The molecule has 3 nitrogen and oxygen atoms in total. The highest BCUT2D eigenvalue weighted by molar-refractivity contribution is 5.06. The Morgan fingerprint density at radius 2 is 2.00 bits per heavy atom. The third-order valence-corrected chi connectivity index (χ3v) is 2.56. The molecule has 1 atom stereocenters. The summed E-state index contributed by atoms with van der Waals surface area (Å²) in [6.45, 7) is 9.63. The van der Waals surface area contributed by atoms with Crippen LogP contribution >= 0.6 is 0 Å². The van der Waals surface area contributed by atoms with E-state index in [1.807, 2.05) is 13.0 Å². The summed E-state index contributed by atoms with van der Waals surface area (Å²) >= 11 is 0. The maximum atomic E-state index is 4.22. The van der Waals surface area contributed by atoms with Crippen LogP contribution in [0.4, 0.5) is 0 Å². The van der Waals surface area contributed by atoms with Gasteiger partial charge in [0.25, 0.3) is 0 Å². The van der Waals surface area contributed by atoms with Crippen LogP contribution in [-0.4, -0.2) is 22.8 Å². The summed E-state index contributed by atoms with van der Waals surface area (Å²) in [7, 11) is 0. The predicted octanol–water partition coefficient (Wildman–Crippen LogP) is 2.35. The lowest BCUT2D eigenvalue weighted by atomic mass is 9.99. The third kappa shape index (κ3) is 4.71. The van der Waals surface area contributed by atoms with Crippen LogP contribution in [0.1, 0.15) is 38.6 Å². The zero-order valence-corrected chi connectivity index (χ0v) is 10.8. The van der Waals surface area contributed by atoms with Crippen LogP contribution in [0.3, 0.4) is 0 Å². The summed E-state index contributed by atoms with van der Waals surface area (Å²) in [5, 5.41) is 11.8. The molecule has 1 aromatic rings. The van der Waals surface area contributed by atoms with Gasteiger partial charge in [0.1, 0.15) is 0 Å². The Morgan fingerprint density at radius 1 is 1.25 bits per heavy atom. The zero-order valence-electron chi connectivity index (χ0n) is 10.8. The Bertz CT molecular complexity index is 293. The van der Waals surface area contributed by atoms with E-state index in [1.54, 1.807) is 0 Å². The van der Waals surface area contributed by atoms with Crippen molar-refractivity contribution < 1.29 is 0 Å². The molecule has 0 aliphatic rings. The number of aromatic nitrogens is 2. The summed E-state index contributed by atoms with van der Waals surface area (Å²) < 4.78 is 0. The number of nitrogens with one attached hydrogen (secondary N) is 1. The van der Waals surface area contributed by atoms with E-state index in [9.17, 15) is 0 Å². The van der Waals surface area contributed by atoms with Gasteiger partial charge in [-0.05, 0) is 37.9 Å². The van der Waals surface area contributed by atoms with Crippen LogP contribution in [0.25, 0.3) is 0 Å². The molecule has 0 bridgehead atoms. The second kappa shape index (κ2) is 6.59. The van der Waals surface area contributed by atoms with E-state index < -0.39 is 0 Å². The SMILES string of the molecule is CCNC(Cc1ccc(C)nn1)CC(C)C. The number of hydrogen-bond acceptors (Lipinski definition) is 3. The second-order valence-corrected chi connectivity index (χ2v) is 4.75.